The summed E-state index contributed by atoms with van der Waals surface area (Å²) in [5.74, 6) is 1.41. The van der Waals surface area contributed by atoms with Gasteiger partial charge in [0.1, 0.15) is 0 Å². The predicted octanol–water partition coefficient (Wildman–Crippen LogP) is 5.60. The first kappa shape index (κ1) is 22.4. The maximum absolute atomic E-state index is 5.59. The van der Waals surface area contributed by atoms with E-state index in [2.05, 4.69) is 105 Å². The van der Waals surface area contributed by atoms with Crippen LogP contribution in [0.1, 0.15) is 100 Å². The molecule has 26 heavy (non-hydrogen) atoms. The van der Waals surface area contributed by atoms with Crippen LogP contribution in [0.15, 0.2) is 16.8 Å². The fraction of sp³-hybridized carbons (Fsp3) is 0.762. The fourth-order valence-corrected chi connectivity index (χ4v) is 1.91. The molecule has 5 nitrogen and oxygen atoms in total. The van der Waals surface area contributed by atoms with Crippen LogP contribution in [-0.2, 0) is 21.8 Å². The fourth-order valence-electron chi connectivity index (χ4n) is 1.91. The summed E-state index contributed by atoms with van der Waals surface area (Å²) in [5, 5.41) is 12.4. The van der Waals surface area contributed by atoms with Crippen LogP contribution in [0.25, 0.3) is 0 Å². The summed E-state index contributed by atoms with van der Waals surface area (Å²) < 4.78 is 7.61. The van der Waals surface area contributed by atoms with Gasteiger partial charge in [-0.1, -0.05) is 62.3 Å². The Balaban J connectivity index is 0.000000260. The second-order valence-corrected chi connectivity index (χ2v) is 11.0. The summed E-state index contributed by atoms with van der Waals surface area (Å²) >= 11 is 0. The summed E-state index contributed by atoms with van der Waals surface area (Å²) in [4.78, 5) is 0. The lowest BCUT2D eigenvalue weighted by Gasteiger charge is -2.20. The van der Waals surface area contributed by atoms with Crippen LogP contribution in [0.5, 0.6) is 0 Å². The molecule has 5 heteroatoms. The number of rotatable bonds is 0. The van der Waals surface area contributed by atoms with Crippen LogP contribution >= 0.6 is 0 Å². The molecule has 0 bridgehead atoms. The molecule has 0 atom stereocenters. The third-order valence-electron chi connectivity index (χ3n) is 3.84. The molecule has 2 rings (SSSR count). The van der Waals surface area contributed by atoms with E-state index in [1.165, 1.54) is 5.56 Å². The lowest BCUT2D eigenvalue weighted by Crippen LogP contribution is -2.22. The Morgan fingerprint density at radius 2 is 1.12 bits per heavy atom. The second-order valence-electron chi connectivity index (χ2n) is 11.0. The van der Waals surface area contributed by atoms with E-state index in [0.717, 1.165) is 0 Å². The molecular weight excluding hydrogens is 324 g/mol. The zero-order valence-corrected chi connectivity index (χ0v) is 18.9. The van der Waals surface area contributed by atoms with Gasteiger partial charge < -0.3 is 4.42 Å². The second kappa shape index (κ2) is 7.16. The highest BCUT2D eigenvalue weighted by Gasteiger charge is 2.26. The normalized spacial score (nSPS) is 13.4. The first-order chi connectivity index (χ1) is 11.4. The summed E-state index contributed by atoms with van der Waals surface area (Å²) in [5.41, 5.74) is 1.46. The first-order valence-electron chi connectivity index (χ1n) is 9.32. The smallest absolute Gasteiger partial charge is 0.221 e. The van der Waals surface area contributed by atoms with E-state index < -0.39 is 0 Å². The van der Waals surface area contributed by atoms with Crippen molar-refractivity contribution in [2.75, 3.05) is 0 Å². The average molecular weight is 363 g/mol. The van der Waals surface area contributed by atoms with Crippen molar-refractivity contribution < 1.29 is 4.42 Å². The quantitative estimate of drug-likeness (QED) is 0.612. The molecule has 0 aliphatic rings. The van der Waals surface area contributed by atoms with Crippen molar-refractivity contribution in [3.8, 4) is 0 Å². The minimum Gasteiger partial charge on any atom is -0.424 e. The SMILES string of the molecule is CC(C)(C)c1cnn(C(C)(C)C)c1.CC(C)(C)c1nnc(C(C)(C)C)o1. The van der Waals surface area contributed by atoms with Gasteiger partial charge in [-0.25, -0.2) is 0 Å². The van der Waals surface area contributed by atoms with Crippen LogP contribution in [0.2, 0.25) is 0 Å². The lowest BCUT2D eigenvalue weighted by atomic mass is 9.90. The Labute approximate surface area is 159 Å². The van der Waals surface area contributed by atoms with Crippen LogP contribution < -0.4 is 0 Å². The zero-order valence-electron chi connectivity index (χ0n) is 18.9. The van der Waals surface area contributed by atoms with E-state index in [0.29, 0.717) is 11.8 Å². The topological polar surface area (TPSA) is 56.7 Å². The highest BCUT2D eigenvalue weighted by Crippen LogP contribution is 2.26. The molecule has 0 spiro atoms. The Kier molecular flexibility index (Phi) is 6.17. The van der Waals surface area contributed by atoms with Gasteiger partial charge in [0, 0.05) is 17.0 Å². The monoisotopic (exact) mass is 362 g/mol. The van der Waals surface area contributed by atoms with Crippen molar-refractivity contribution in [3.05, 3.63) is 29.7 Å². The summed E-state index contributed by atoms with van der Waals surface area (Å²) in [6.45, 7) is 25.5. The molecule has 0 saturated carbocycles. The third kappa shape index (κ3) is 6.26. The standard InChI is InChI=1S/C11H20N2.C10H18N2O/c1-10(2,3)9-7-12-13(8-9)11(4,5)6;1-9(2,3)7-11-12-8(13-7)10(4,5)6/h7-8H,1-6H3;1-6H3. The molecule has 0 fully saturated rings. The maximum atomic E-state index is 5.59. The van der Waals surface area contributed by atoms with E-state index in [1.54, 1.807) is 0 Å². The minimum absolute atomic E-state index is 0.0590. The van der Waals surface area contributed by atoms with E-state index in [1.807, 2.05) is 10.9 Å². The van der Waals surface area contributed by atoms with Crippen molar-refractivity contribution in [2.24, 2.45) is 0 Å². The first-order valence-corrected chi connectivity index (χ1v) is 9.32. The van der Waals surface area contributed by atoms with Crippen molar-refractivity contribution in [2.45, 2.75) is 105 Å². The van der Waals surface area contributed by atoms with Gasteiger partial charge >= 0.3 is 0 Å². The van der Waals surface area contributed by atoms with Gasteiger partial charge in [0.15, 0.2) is 0 Å². The third-order valence-corrected chi connectivity index (χ3v) is 3.84. The van der Waals surface area contributed by atoms with Gasteiger partial charge in [-0.15, -0.1) is 10.2 Å². The molecule has 0 aliphatic heterocycles. The van der Waals surface area contributed by atoms with Crippen molar-refractivity contribution >= 4 is 0 Å². The molecule has 0 aliphatic carbocycles. The number of hydrogen-bond acceptors (Lipinski definition) is 4. The van der Waals surface area contributed by atoms with Gasteiger partial charge in [0.05, 0.1) is 11.7 Å². The van der Waals surface area contributed by atoms with Crippen LogP contribution in [-0.4, -0.2) is 20.0 Å². The zero-order chi connectivity index (χ0) is 20.6. The number of hydrogen-bond donors (Lipinski definition) is 0. The van der Waals surface area contributed by atoms with Crippen molar-refractivity contribution in [3.63, 3.8) is 0 Å². The number of nitrogens with zero attached hydrogens (tertiary/aromatic N) is 4. The predicted molar refractivity (Wildman–Crippen MR) is 108 cm³/mol. The van der Waals surface area contributed by atoms with Crippen molar-refractivity contribution in [1.82, 2.24) is 20.0 Å². The van der Waals surface area contributed by atoms with Gasteiger partial charge in [-0.2, -0.15) is 5.10 Å². The largest absolute Gasteiger partial charge is 0.424 e. The highest BCUT2D eigenvalue weighted by molar-refractivity contribution is 5.15. The molecule has 0 aromatic carbocycles. The van der Waals surface area contributed by atoms with Crippen LogP contribution in [0.3, 0.4) is 0 Å². The molecular formula is C21H38N4O. The van der Waals surface area contributed by atoms with E-state index in [-0.39, 0.29) is 21.8 Å². The molecule has 0 unspecified atom stereocenters. The van der Waals surface area contributed by atoms with Crippen molar-refractivity contribution in [1.29, 1.82) is 0 Å². The van der Waals surface area contributed by atoms with Gasteiger partial charge in [-0.3, -0.25) is 4.68 Å². The Bertz CT molecular complexity index is 579. The molecule has 2 aromatic heterocycles. The summed E-state index contributed by atoms with van der Waals surface area (Å²) in [6, 6.07) is 0. The Morgan fingerprint density at radius 1 is 0.692 bits per heavy atom. The molecule has 148 valence electrons. The Morgan fingerprint density at radius 3 is 1.31 bits per heavy atom. The van der Waals surface area contributed by atoms with E-state index in [9.17, 15) is 0 Å². The summed E-state index contributed by atoms with van der Waals surface area (Å²) in [6.07, 6.45) is 4.10. The molecule has 0 N–H and O–H groups in total. The lowest BCUT2D eigenvalue weighted by molar-refractivity contribution is 0.331. The molecule has 2 heterocycles. The van der Waals surface area contributed by atoms with E-state index >= 15 is 0 Å². The molecule has 0 radical (unpaired) electrons. The van der Waals surface area contributed by atoms with Crippen LogP contribution in [0.4, 0.5) is 0 Å². The van der Waals surface area contributed by atoms with Gasteiger partial charge in [0.25, 0.3) is 0 Å². The minimum atomic E-state index is -0.0590. The summed E-state index contributed by atoms with van der Waals surface area (Å²) in [7, 11) is 0. The Hall–Kier alpha value is -1.65. The molecule has 0 amide bonds. The number of aromatic nitrogens is 4. The van der Waals surface area contributed by atoms with E-state index in [4.69, 9.17) is 4.42 Å². The van der Waals surface area contributed by atoms with Crippen LogP contribution in [0, 0.1) is 0 Å². The highest BCUT2D eigenvalue weighted by atomic mass is 16.4. The molecule has 0 saturated heterocycles. The van der Waals surface area contributed by atoms with Gasteiger partial charge in [0.2, 0.25) is 11.8 Å². The van der Waals surface area contributed by atoms with Gasteiger partial charge in [-0.05, 0) is 31.7 Å². The maximum Gasteiger partial charge on any atom is 0.221 e. The molecule has 2 aromatic rings. The average Bonchev–Trinajstić information content (AvgIpc) is 3.06.